The highest BCUT2D eigenvalue weighted by molar-refractivity contribution is 5.89. The van der Waals surface area contributed by atoms with Gasteiger partial charge in [-0.2, -0.15) is 5.10 Å². The van der Waals surface area contributed by atoms with Crippen LogP contribution in [0.2, 0.25) is 0 Å². The molecule has 2 aromatic rings. The molecule has 1 heterocycles. The van der Waals surface area contributed by atoms with Gasteiger partial charge in [0, 0.05) is 25.5 Å². The second-order valence-electron chi connectivity index (χ2n) is 4.12. The summed E-state index contributed by atoms with van der Waals surface area (Å²) in [5.74, 6) is 0. The van der Waals surface area contributed by atoms with E-state index in [1.165, 1.54) is 4.90 Å². The van der Waals surface area contributed by atoms with E-state index in [4.69, 9.17) is 5.11 Å². The molecule has 0 atom stereocenters. The smallest absolute Gasteiger partial charge is 0.321 e. The number of likely N-dealkylation sites (N-methyl/N-ethyl adjacent to an activating group) is 1. The zero-order valence-corrected chi connectivity index (χ0v) is 10.6. The van der Waals surface area contributed by atoms with Crippen LogP contribution in [0.25, 0.3) is 11.3 Å². The second kappa shape index (κ2) is 6.01. The van der Waals surface area contributed by atoms with E-state index >= 15 is 0 Å². The van der Waals surface area contributed by atoms with Crippen molar-refractivity contribution in [1.82, 2.24) is 15.1 Å². The van der Waals surface area contributed by atoms with Gasteiger partial charge in [0.15, 0.2) is 0 Å². The van der Waals surface area contributed by atoms with Crippen LogP contribution in [0.4, 0.5) is 10.5 Å². The second-order valence-corrected chi connectivity index (χ2v) is 4.12. The number of aromatic amines is 1. The number of nitrogens with zero attached hydrogens (tertiary/aromatic N) is 2. The molecule has 0 aliphatic heterocycles. The number of aromatic nitrogens is 2. The van der Waals surface area contributed by atoms with E-state index in [0.29, 0.717) is 12.2 Å². The first-order chi connectivity index (χ1) is 9.20. The van der Waals surface area contributed by atoms with Gasteiger partial charge in [0.05, 0.1) is 12.3 Å². The van der Waals surface area contributed by atoms with Crippen molar-refractivity contribution >= 4 is 11.7 Å². The van der Waals surface area contributed by atoms with E-state index < -0.39 is 0 Å². The van der Waals surface area contributed by atoms with Crippen molar-refractivity contribution in [2.45, 2.75) is 0 Å². The molecule has 0 aliphatic carbocycles. The van der Waals surface area contributed by atoms with E-state index in [1.54, 1.807) is 13.2 Å². The largest absolute Gasteiger partial charge is 0.395 e. The average Bonchev–Trinajstić information content (AvgIpc) is 2.94. The summed E-state index contributed by atoms with van der Waals surface area (Å²) >= 11 is 0. The summed E-state index contributed by atoms with van der Waals surface area (Å²) < 4.78 is 0. The van der Waals surface area contributed by atoms with Gasteiger partial charge in [0.2, 0.25) is 0 Å². The van der Waals surface area contributed by atoms with Crippen LogP contribution in [0.1, 0.15) is 0 Å². The van der Waals surface area contributed by atoms with Gasteiger partial charge in [-0.05, 0) is 23.8 Å². The molecule has 0 spiro atoms. The lowest BCUT2D eigenvalue weighted by atomic mass is 10.1. The topological polar surface area (TPSA) is 81.2 Å². The van der Waals surface area contributed by atoms with Crippen molar-refractivity contribution in [2.24, 2.45) is 0 Å². The summed E-state index contributed by atoms with van der Waals surface area (Å²) in [5.41, 5.74) is 2.63. The van der Waals surface area contributed by atoms with Gasteiger partial charge in [0.25, 0.3) is 0 Å². The molecule has 0 saturated carbocycles. The number of amides is 2. The minimum absolute atomic E-state index is 0.0529. The molecule has 0 aliphatic rings. The third kappa shape index (κ3) is 3.32. The zero-order valence-electron chi connectivity index (χ0n) is 10.6. The number of anilines is 1. The number of carbonyl (C=O) groups is 1. The van der Waals surface area contributed by atoms with Crippen LogP contribution >= 0.6 is 0 Å². The number of benzene rings is 1. The summed E-state index contributed by atoms with van der Waals surface area (Å²) in [6.07, 6.45) is 1.69. The molecule has 2 rings (SSSR count). The van der Waals surface area contributed by atoms with Gasteiger partial charge in [-0.1, -0.05) is 12.1 Å². The fraction of sp³-hybridized carbons (Fsp3) is 0.231. The third-order valence-electron chi connectivity index (χ3n) is 2.73. The highest BCUT2D eigenvalue weighted by Crippen LogP contribution is 2.18. The summed E-state index contributed by atoms with van der Waals surface area (Å²) in [6.45, 7) is 0.251. The maximum atomic E-state index is 11.7. The van der Waals surface area contributed by atoms with Crippen LogP contribution in [0.5, 0.6) is 0 Å². The lowest BCUT2D eigenvalue weighted by Gasteiger charge is -2.16. The molecule has 6 heteroatoms. The normalized spacial score (nSPS) is 10.2. The van der Waals surface area contributed by atoms with Crippen LogP contribution in [0.15, 0.2) is 36.5 Å². The lowest BCUT2D eigenvalue weighted by molar-refractivity contribution is 0.202. The Labute approximate surface area is 111 Å². The van der Waals surface area contributed by atoms with E-state index in [2.05, 4.69) is 15.5 Å². The first kappa shape index (κ1) is 13.1. The van der Waals surface area contributed by atoms with Crippen LogP contribution in [-0.2, 0) is 0 Å². The van der Waals surface area contributed by atoms with Gasteiger partial charge in [-0.25, -0.2) is 4.79 Å². The van der Waals surface area contributed by atoms with Crippen LogP contribution in [0.3, 0.4) is 0 Å². The highest BCUT2D eigenvalue weighted by Gasteiger charge is 2.07. The molecule has 0 saturated heterocycles. The maximum absolute atomic E-state index is 11.7. The Morgan fingerprint density at radius 1 is 1.37 bits per heavy atom. The molecular formula is C13H16N4O2. The number of hydrogen-bond acceptors (Lipinski definition) is 3. The van der Waals surface area contributed by atoms with E-state index in [-0.39, 0.29) is 12.6 Å². The molecule has 0 fully saturated rings. The molecule has 0 bridgehead atoms. The average molecular weight is 260 g/mol. The Balaban J connectivity index is 2.01. The van der Waals surface area contributed by atoms with Crippen molar-refractivity contribution in [1.29, 1.82) is 0 Å². The van der Waals surface area contributed by atoms with E-state index in [9.17, 15) is 4.79 Å². The number of nitrogens with one attached hydrogen (secondary N) is 2. The third-order valence-corrected chi connectivity index (χ3v) is 2.73. The molecule has 1 aromatic carbocycles. The quantitative estimate of drug-likeness (QED) is 0.779. The van der Waals surface area contributed by atoms with Gasteiger partial charge < -0.3 is 15.3 Å². The monoisotopic (exact) mass is 260 g/mol. The molecule has 19 heavy (non-hydrogen) atoms. The SMILES string of the molecule is CN(CCO)C(=O)Nc1ccc(-c2ccn[nH]2)cc1. The zero-order chi connectivity index (χ0) is 13.7. The first-order valence-electron chi connectivity index (χ1n) is 5.93. The number of rotatable bonds is 4. The predicted molar refractivity (Wildman–Crippen MR) is 72.8 cm³/mol. The lowest BCUT2D eigenvalue weighted by Crippen LogP contribution is -2.33. The minimum atomic E-state index is -0.247. The molecule has 1 aromatic heterocycles. The van der Waals surface area contributed by atoms with E-state index in [0.717, 1.165) is 11.3 Å². The minimum Gasteiger partial charge on any atom is -0.395 e. The number of hydrogen-bond donors (Lipinski definition) is 3. The molecule has 3 N–H and O–H groups in total. The Kier molecular flexibility index (Phi) is 4.15. The number of H-pyrrole nitrogens is 1. The maximum Gasteiger partial charge on any atom is 0.321 e. The predicted octanol–water partition coefficient (Wildman–Crippen LogP) is 1.53. The first-order valence-corrected chi connectivity index (χ1v) is 5.93. The van der Waals surface area contributed by atoms with Crippen LogP contribution in [0, 0.1) is 0 Å². The van der Waals surface area contributed by atoms with Crippen molar-refractivity contribution in [3.05, 3.63) is 36.5 Å². The fourth-order valence-corrected chi connectivity index (χ4v) is 1.62. The Bertz CT molecular complexity index is 522. The Hall–Kier alpha value is -2.34. The standard InChI is InChI=1S/C13H16N4O2/c1-17(8-9-18)13(19)15-11-4-2-10(3-5-11)12-6-7-14-16-12/h2-7,18H,8-9H2,1H3,(H,14,16)(H,15,19). The molecule has 0 radical (unpaired) electrons. The highest BCUT2D eigenvalue weighted by atomic mass is 16.3. The van der Waals surface area contributed by atoms with Crippen molar-refractivity contribution < 1.29 is 9.90 Å². The van der Waals surface area contributed by atoms with Gasteiger partial charge in [0.1, 0.15) is 0 Å². The van der Waals surface area contributed by atoms with Gasteiger partial charge in [-0.3, -0.25) is 5.10 Å². The summed E-state index contributed by atoms with van der Waals surface area (Å²) in [6, 6.07) is 9.07. The fourth-order valence-electron chi connectivity index (χ4n) is 1.62. The molecule has 0 unspecified atom stereocenters. The van der Waals surface area contributed by atoms with Gasteiger partial charge >= 0.3 is 6.03 Å². The molecule has 100 valence electrons. The number of aliphatic hydroxyl groups is 1. The summed E-state index contributed by atoms with van der Waals surface area (Å²) in [5, 5.41) is 18.3. The van der Waals surface area contributed by atoms with Crippen molar-refractivity contribution in [3.63, 3.8) is 0 Å². The molecular weight excluding hydrogens is 244 g/mol. The molecule has 2 amide bonds. The van der Waals surface area contributed by atoms with Crippen LogP contribution < -0.4 is 5.32 Å². The van der Waals surface area contributed by atoms with E-state index in [1.807, 2.05) is 30.3 Å². The number of urea groups is 1. The van der Waals surface area contributed by atoms with Crippen LogP contribution in [-0.4, -0.2) is 46.4 Å². The Morgan fingerprint density at radius 3 is 2.68 bits per heavy atom. The van der Waals surface area contributed by atoms with Gasteiger partial charge in [-0.15, -0.1) is 0 Å². The molecule has 6 nitrogen and oxygen atoms in total. The summed E-state index contributed by atoms with van der Waals surface area (Å²) in [7, 11) is 1.63. The van der Waals surface area contributed by atoms with Crippen molar-refractivity contribution in [3.8, 4) is 11.3 Å². The number of aliphatic hydroxyl groups excluding tert-OH is 1. The van der Waals surface area contributed by atoms with Crippen molar-refractivity contribution in [2.75, 3.05) is 25.5 Å². The summed E-state index contributed by atoms with van der Waals surface area (Å²) in [4.78, 5) is 13.1. The Morgan fingerprint density at radius 2 is 2.11 bits per heavy atom. The number of carbonyl (C=O) groups excluding carboxylic acids is 1.